The zero-order valence-electron chi connectivity index (χ0n) is 15.1. The average Bonchev–Trinajstić information content (AvgIpc) is 2.74. The molecule has 0 spiro atoms. The zero-order valence-corrected chi connectivity index (χ0v) is 15.1. The fourth-order valence-electron chi connectivity index (χ4n) is 4.05. The van der Waals surface area contributed by atoms with Gasteiger partial charge in [-0.15, -0.1) is 0 Å². The van der Waals surface area contributed by atoms with E-state index in [0.29, 0.717) is 11.1 Å². The third kappa shape index (κ3) is 3.57. The number of hydrogen-bond acceptors (Lipinski definition) is 3. The van der Waals surface area contributed by atoms with Crippen LogP contribution in [-0.4, -0.2) is 12.1 Å². The van der Waals surface area contributed by atoms with Crippen molar-refractivity contribution in [1.82, 2.24) is 0 Å². The Balaban J connectivity index is 1.60. The van der Waals surface area contributed by atoms with Crippen molar-refractivity contribution in [2.75, 3.05) is 0 Å². The summed E-state index contributed by atoms with van der Waals surface area (Å²) in [5, 5.41) is 11.4. The maximum absolute atomic E-state index is 12.6. The highest BCUT2D eigenvalue weighted by Crippen LogP contribution is 2.38. The van der Waals surface area contributed by atoms with E-state index in [0.717, 1.165) is 25.7 Å². The van der Waals surface area contributed by atoms with E-state index in [1.54, 1.807) is 24.3 Å². The van der Waals surface area contributed by atoms with Gasteiger partial charge in [0.2, 0.25) is 0 Å². The Labute approximate surface area is 159 Å². The van der Waals surface area contributed by atoms with E-state index in [-0.39, 0.29) is 18.0 Å². The Morgan fingerprint density at radius 1 is 0.926 bits per heavy atom. The van der Waals surface area contributed by atoms with Crippen molar-refractivity contribution in [1.29, 1.82) is 5.26 Å². The third-order valence-electron chi connectivity index (χ3n) is 5.43. The lowest BCUT2D eigenvalue weighted by molar-refractivity contribution is 0.0144. The lowest BCUT2D eigenvalue weighted by atomic mass is 9.80. The molecular formula is C24H21NO2. The van der Waals surface area contributed by atoms with Crippen LogP contribution in [0, 0.1) is 11.3 Å². The van der Waals surface area contributed by atoms with Gasteiger partial charge in [0.05, 0.1) is 17.2 Å². The summed E-state index contributed by atoms with van der Waals surface area (Å²) in [7, 11) is 0. The highest BCUT2D eigenvalue weighted by Gasteiger charge is 2.30. The lowest BCUT2D eigenvalue weighted by Crippen LogP contribution is -2.29. The number of fused-ring (bicyclic) bond motifs is 1. The van der Waals surface area contributed by atoms with Gasteiger partial charge in [-0.3, -0.25) is 0 Å². The van der Waals surface area contributed by atoms with Gasteiger partial charge in [0, 0.05) is 5.92 Å². The SMILES string of the molecule is N#Cc1ccc(C(=O)O[C@H]2CCCC[C@H]2c2cccc3ccccc23)cc1. The van der Waals surface area contributed by atoms with Gasteiger partial charge >= 0.3 is 5.97 Å². The van der Waals surface area contributed by atoms with E-state index in [9.17, 15) is 4.79 Å². The molecule has 1 saturated carbocycles. The Kier molecular flexibility index (Phi) is 4.89. The summed E-state index contributed by atoms with van der Waals surface area (Å²) in [5.74, 6) is -0.0937. The van der Waals surface area contributed by atoms with Crippen LogP contribution in [0.4, 0.5) is 0 Å². The quantitative estimate of drug-likeness (QED) is 0.575. The van der Waals surface area contributed by atoms with Crippen molar-refractivity contribution in [3.63, 3.8) is 0 Å². The van der Waals surface area contributed by atoms with Gasteiger partial charge in [-0.05, 0) is 59.9 Å². The number of benzene rings is 3. The van der Waals surface area contributed by atoms with E-state index in [2.05, 4.69) is 48.5 Å². The van der Waals surface area contributed by atoms with Crippen LogP contribution in [0.1, 0.15) is 53.1 Å². The summed E-state index contributed by atoms with van der Waals surface area (Å²) >= 11 is 0. The van der Waals surface area contributed by atoms with Gasteiger partial charge in [-0.2, -0.15) is 5.26 Å². The largest absolute Gasteiger partial charge is 0.458 e. The number of carbonyl (C=O) groups excluding carboxylic acids is 1. The molecule has 0 aromatic heterocycles. The summed E-state index contributed by atoms with van der Waals surface area (Å²) in [6, 6.07) is 23.5. The van der Waals surface area contributed by atoms with Crippen LogP contribution in [0.15, 0.2) is 66.7 Å². The number of rotatable bonds is 3. The maximum atomic E-state index is 12.6. The highest BCUT2D eigenvalue weighted by atomic mass is 16.5. The van der Waals surface area contributed by atoms with Crippen LogP contribution in [0.3, 0.4) is 0 Å². The predicted molar refractivity (Wildman–Crippen MR) is 106 cm³/mol. The van der Waals surface area contributed by atoms with Crippen LogP contribution >= 0.6 is 0 Å². The standard InChI is InChI=1S/C24H21NO2/c25-16-17-12-14-19(15-13-17)24(26)27-23-11-4-3-9-22(23)21-10-5-7-18-6-1-2-8-20(18)21/h1-2,5-8,10,12-15,22-23H,3-4,9,11H2/t22-,23-/m0/s1. The second-order valence-corrected chi connectivity index (χ2v) is 7.09. The van der Waals surface area contributed by atoms with Crippen molar-refractivity contribution < 1.29 is 9.53 Å². The van der Waals surface area contributed by atoms with E-state index >= 15 is 0 Å². The van der Waals surface area contributed by atoms with Crippen LogP contribution < -0.4 is 0 Å². The molecule has 1 aliphatic rings. The zero-order chi connectivity index (χ0) is 18.6. The number of ether oxygens (including phenoxy) is 1. The van der Waals surface area contributed by atoms with Crippen molar-refractivity contribution in [3.8, 4) is 6.07 Å². The molecule has 0 N–H and O–H groups in total. The van der Waals surface area contributed by atoms with Gasteiger partial charge < -0.3 is 4.74 Å². The van der Waals surface area contributed by atoms with E-state index < -0.39 is 0 Å². The van der Waals surface area contributed by atoms with Crippen LogP contribution in [0.5, 0.6) is 0 Å². The van der Waals surface area contributed by atoms with Gasteiger partial charge in [0.1, 0.15) is 6.10 Å². The Bertz CT molecular complexity index is 996. The number of hydrogen-bond donors (Lipinski definition) is 0. The average molecular weight is 355 g/mol. The molecular weight excluding hydrogens is 334 g/mol. The molecule has 1 fully saturated rings. The summed E-state index contributed by atoms with van der Waals surface area (Å²) in [6.45, 7) is 0. The van der Waals surface area contributed by atoms with Crippen molar-refractivity contribution in [2.24, 2.45) is 0 Å². The van der Waals surface area contributed by atoms with Gasteiger partial charge in [-0.1, -0.05) is 48.9 Å². The molecule has 134 valence electrons. The van der Waals surface area contributed by atoms with Crippen LogP contribution in [-0.2, 0) is 4.74 Å². The van der Waals surface area contributed by atoms with Gasteiger partial charge in [-0.25, -0.2) is 4.79 Å². The molecule has 0 bridgehead atoms. The molecule has 0 heterocycles. The van der Waals surface area contributed by atoms with Crippen LogP contribution in [0.25, 0.3) is 10.8 Å². The molecule has 27 heavy (non-hydrogen) atoms. The van der Waals surface area contributed by atoms with Crippen molar-refractivity contribution in [3.05, 3.63) is 83.4 Å². The predicted octanol–water partition coefficient (Wildman–Crippen LogP) is 5.59. The van der Waals surface area contributed by atoms with E-state index in [1.165, 1.54) is 16.3 Å². The second kappa shape index (κ2) is 7.63. The molecule has 3 aromatic carbocycles. The first-order chi connectivity index (χ1) is 13.3. The molecule has 3 nitrogen and oxygen atoms in total. The molecule has 0 unspecified atom stereocenters. The first-order valence-electron chi connectivity index (χ1n) is 9.45. The smallest absolute Gasteiger partial charge is 0.338 e. The number of nitrogens with zero attached hydrogens (tertiary/aromatic N) is 1. The van der Waals surface area contributed by atoms with Crippen molar-refractivity contribution >= 4 is 16.7 Å². The first-order valence-corrected chi connectivity index (χ1v) is 9.45. The topological polar surface area (TPSA) is 50.1 Å². The second-order valence-electron chi connectivity index (χ2n) is 7.09. The molecule has 0 radical (unpaired) electrons. The van der Waals surface area contributed by atoms with Gasteiger partial charge in [0.15, 0.2) is 0 Å². The van der Waals surface area contributed by atoms with Crippen LogP contribution in [0.2, 0.25) is 0 Å². The fourth-order valence-corrected chi connectivity index (χ4v) is 4.05. The minimum Gasteiger partial charge on any atom is -0.458 e. The molecule has 0 aliphatic heterocycles. The van der Waals surface area contributed by atoms with E-state index in [4.69, 9.17) is 10.00 Å². The lowest BCUT2D eigenvalue weighted by Gasteiger charge is -2.32. The highest BCUT2D eigenvalue weighted by molar-refractivity contribution is 5.90. The fraction of sp³-hybridized carbons (Fsp3) is 0.250. The number of esters is 1. The minimum absolute atomic E-state index is 0.118. The Morgan fingerprint density at radius 2 is 1.67 bits per heavy atom. The summed E-state index contributed by atoms with van der Waals surface area (Å²) in [4.78, 5) is 12.6. The molecule has 4 rings (SSSR count). The normalized spacial score (nSPS) is 19.4. The Morgan fingerprint density at radius 3 is 2.48 bits per heavy atom. The summed E-state index contributed by atoms with van der Waals surface area (Å²) < 4.78 is 5.94. The number of carbonyl (C=O) groups is 1. The molecule has 0 saturated heterocycles. The molecule has 2 atom stereocenters. The maximum Gasteiger partial charge on any atom is 0.338 e. The minimum atomic E-state index is -0.309. The third-order valence-corrected chi connectivity index (χ3v) is 5.43. The monoisotopic (exact) mass is 355 g/mol. The first kappa shape index (κ1) is 17.3. The molecule has 3 aromatic rings. The van der Waals surface area contributed by atoms with Crippen molar-refractivity contribution in [2.45, 2.75) is 37.7 Å². The molecule has 0 amide bonds. The van der Waals surface area contributed by atoms with Gasteiger partial charge in [0.25, 0.3) is 0 Å². The number of nitriles is 1. The molecule has 1 aliphatic carbocycles. The summed E-state index contributed by atoms with van der Waals surface area (Å²) in [5.41, 5.74) is 2.31. The summed E-state index contributed by atoms with van der Waals surface area (Å²) in [6.07, 6.45) is 4.02. The molecule has 3 heteroatoms. The van der Waals surface area contributed by atoms with E-state index in [1.807, 2.05) is 0 Å². The Hall–Kier alpha value is -3.12.